The molecule has 1 saturated carbocycles. The molecule has 3 rings (SSSR count). The quantitative estimate of drug-likeness (QED) is 0.851. The molecular weight excluding hydrogens is 208 g/mol. The minimum absolute atomic E-state index is 0.924. The summed E-state index contributed by atoms with van der Waals surface area (Å²) in [4.78, 5) is 2.48. The van der Waals surface area contributed by atoms with Crippen LogP contribution in [0, 0.1) is 5.92 Å². The van der Waals surface area contributed by atoms with E-state index in [9.17, 15) is 0 Å². The first-order chi connectivity index (χ1) is 8.42. The molecule has 0 aromatic heterocycles. The lowest BCUT2D eigenvalue weighted by Crippen LogP contribution is -2.21. The molecule has 1 saturated heterocycles. The van der Waals surface area contributed by atoms with Crippen molar-refractivity contribution >= 4 is 11.4 Å². The van der Waals surface area contributed by atoms with E-state index in [2.05, 4.69) is 34.5 Å². The summed E-state index contributed by atoms with van der Waals surface area (Å²) in [6, 6.07) is 8.97. The SMILES string of the molecule is c1cc(N2CCCC2)ccc1NCC1CCC1. The zero-order valence-corrected chi connectivity index (χ0v) is 10.5. The first-order valence-corrected chi connectivity index (χ1v) is 7.01. The molecule has 2 fully saturated rings. The van der Waals surface area contributed by atoms with E-state index in [1.165, 1.54) is 56.6 Å². The van der Waals surface area contributed by atoms with Gasteiger partial charge in [-0.25, -0.2) is 0 Å². The fourth-order valence-corrected chi connectivity index (χ4v) is 2.72. The maximum atomic E-state index is 3.55. The van der Waals surface area contributed by atoms with E-state index in [-0.39, 0.29) is 0 Å². The van der Waals surface area contributed by atoms with Crippen molar-refractivity contribution in [2.45, 2.75) is 32.1 Å². The van der Waals surface area contributed by atoms with Crippen LogP contribution in [-0.4, -0.2) is 19.6 Å². The Labute approximate surface area is 104 Å². The monoisotopic (exact) mass is 230 g/mol. The van der Waals surface area contributed by atoms with Gasteiger partial charge < -0.3 is 10.2 Å². The first-order valence-electron chi connectivity index (χ1n) is 7.01. The fourth-order valence-electron chi connectivity index (χ4n) is 2.72. The molecule has 2 nitrogen and oxygen atoms in total. The van der Waals surface area contributed by atoms with E-state index >= 15 is 0 Å². The molecule has 1 aliphatic heterocycles. The van der Waals surface area contributed by atoms with Crippen molar-refractivity contribution in [3.63, 3.8) is 0 Å². The highest BCUT2D eigenvalue weighted by molar-refractivity contribution is 5.55. The number of nitrogens with zero attached hydrogens (tertiary/aromatic N) is 1. The molecule has 0 bridgehead atoms. The van der Waals surface area contributed by atoms with Crippen molar-refractivity contribution < 1.29 is 0 Å². The summed E-state index contributed by atoms with van der Waals surface area (Å²) in [5.41, 5.74) is 2.66. The second-order valence-electron chi connectivity index (χ2n) is 5.42. The molecular formula is C15H22N2. The Balaban J connectivity index is 1.55. The Kier molecular flexibility index (Phi) is 3.21. The average molecular weight is 230 g/mol. The summed E-state index contributed by atoms with van der Waals surface area (Å²) in [6.07, 6.45) is 6.96. The van der Waals surface area contributed by atoms with E-state index in [1.54, 1.807) is 0 Å². The predicted octanol–water partition coefficient (Wildman–Crippen LogP) is 3.50. The van der Waals surface area contributed by atoms with Crippen LogP contribution >= 0.6 is 0 Å². The van der Waals surface area contributed by atoms with E-state index in [4.69, 9.17) is 0 Å². The normalized spacial score (nSPS) is 20.4. The van der Waals surface area contributed by atoms with Gasteiger partial charge in [-0.3, -0.25) is 0 Å². The molecule has 0 spiro atoms. The number of hydrogen-bond acceptors (Lipinski definition) is 2. The van der Waals surface area contributed by atoms with Crippen LogP contribution in [0.5, 0.6) is 0 Å². The van der Waals surface area contributed by atoms with Crippen LogP contribution in [0.1, 0.15) is 32.1 Å². The van der Waals surface area contributed by atoms with Gasteiger partial charge in [0.15, 0.2) is 0 Å². The van der Waals surface area contributed by atoms with Gasteiger partial charge in [0.05, 0.1) is 0 Å². The maximum absolute atomic E-state index is 3.55. The summed E-state index contributed by atoms with van der Waals surface area (Å²) in [7, 11) is 0. The first kappa shape index (κ1) is 10.9. The third-order valence-corrected chi connectivity index (χ3v) is 4.16. The molecule has 0 unspecified atom stereocenters. The van der Waals surface area contributed by atoms with Crippen LogP contribution in [0.2, 0.25) is 0 Å². The second kappa shape index (κ2) is 4.99. The summed E-state index contributed by atoms with van der Waals surface area (Å²) < 4.78 is 0. The number of rotatable bonds is 4. The Bertz CT molecular complexity index is 348. The van der Waals surface area contributed by atoms with E-state index in [0.29, 0.717) is 0 Å². The number of nitrogens with one attached hydrogen (secondary N) is 1. The van der Waals surface area contributed by atoms with Gasteiger partial charge in [0.2, 0.25) is 0 Å². The zero-order chi connectivity index (χ0) is 11.5. The number of hydrogen-bond donors (Lipinski definition) is 1. The van der Waals surface area contributed by atoms with Crippen molar-refractivity contribution in [1.82, 2.24) is 0 Å². The highest BCUT2D eigenvalue weighted by atomic mass is 15.1. The van der Waals surface area contributed by atoms with Gasteiger partial charge in [-0.2, -0.15) is 0 Å². The standard InChI is InChI=1S/C15H22N2/c1-2-11-17(10-1)15-8-6-14(7-9-15)16-12-13-4-3-5-13/h6-9,13,16H,1-5,10-12H2. The number of anilines is 2. The molecule has 2 aliphatic rings. The van der Waals surface area contributed by atoms with Gasteiger partial charge in [0.1, 0.15) is 0 Å². The van der Waals surface area contributed by atoms with Crippen molar-refractivity contribution in [1.29, 1.82) is 0 Å². The van der Waals surface area contributed by atoms with Crippen LogP contribution in [0.15, 0.2) is 24.3 Å². The summed E-state index contributed by atoms with van der Waals surface area (Å²) in [5.74, 6) is 0.924. The second-order valence-corrected chi connectivity index (χ2v) is 5.42. The van der Waals surface area contributed by atoms with Gasteiger partial charge in [0, 0.05) is 31.0 Å². The topological polar surface area (TPSA) is 15.3 Å². The lowest BCUT2D eigenvalue weighted by Gasteiger charge is -2.26. The van der Waals surface area contributed by atoms with Gasteiger partial charge >= 0.3 is 0 Å². The lowest BCUT2D eigenvalue weighted by molar-refractivity contribution is 0.333. The van der Waals surface area contributed by atoms with E-state index in [0.717, 1.165) is 12.5 Å². The van der Waals surface area contributed by atoms with Crippen LogP contribution < -0.4 is 10.2 Å². The lowest BCUT2D eigenvalue weighted by atomic mass is 9.85. The molecule has 92 valence electrons. The molecule has 1 heterocycles. The zero-order valence-electron chi connectivity index (χ0n) is 10.5. The molecule has 1 aromatic carbocycles. The summed E-state index contributed by atoms with van der Waals surface area (Å²) in [6.45, 7) is 3.62. The molecule has 0 amide bonds. The highest BCUT2D eigenvalue weighted by Gasteiger charge is 2.16. The highest BCUT2D eigenvalue weighted by Crippen LogP contribution is 2.27. The molecule has 0 radical (unpaired) electrons. The minimum Gasteiger partial charge on any atom is -0.385 e. The van der Waals surface area contributed by atoms with Crippen molar-refractivity contribution in [2.24, 2.45) is 5.92 Å². The largest absolute Gasteiger partial charge is 0.385 e. The van der Waals surface area contributed by atoms with Crippen LogP contribution in [0.4, 0.5) is 11.4 Å². The molecule has 1 aromatic rings. The van der Waals surface area contributed by atoms with E-state index < -0.39 is 0 Å². The van der Waals surface area contributed by atoms with Crippen LogP contribution in [0.3, 0.4) is 0 Å². The number of benzene rings is 1. The Hall–Kier alpha value is -1.18. The Morgan fingerprint density at radius 1 is 1.00 bits per heavy atom. The van der Waals surface area contributed by atoms with Gasteiger partial charge in [-0.15, -0.1) is 0 Å². The average Bonchev–Trinajstić information content (AvgIpc) is 2.81. The fraction of sp³-hybridized carbons (Fsp3) is 0.600. The van der Waals surface area contributed by atoms with Crippen LogP contribution in [0.25, 0.3) is 0 Å². The van der Waals surface area contributed by atoms with E-state index in [1.807, 2.05) is 0 Å². The molecule has 1 aliphatic carbocycles. The summed E-state index contributed by atoms with van der Waals surface area (Å²) in [5, 5.41) is 3.55. The third-order valence-electron chi connectivity index (χ3n) is 4.16. The van der Waals surface area contributed by atoms with Crippen molar-refractivity contribution in [2.75, 3.05) is 29.9 Å². The molecule has 2 heteroatoms. The molecule has 17 heavy (non-hydrogen) atoms. The minimum atomic E-state index is 0.924. The van der Waals surface area contributed by atoms with Gasteiger partial charge in [-0.05, 0) is 55.9 Å². The van der Waals surface area contributed by atoms with Crippen molar-refractivity contribution in [3.05, 3.63) is 24.3 Å². The smallest absolute Gasteiger partial charge is 0.0367 e. The third kappa shape index (κ3) is 2.56. The van der Waals surface area contributed by atoms with Crippen LogP contribution in [-0.2, 0) is 0 Å². The molecule has 1 N–H and O–H groups in total. The van der Waals surface area contributed by atoms with Crippen molar-refractivity contribution in [3.8, 4) is 0 Å². The van der Waals surface area contributed by atoms with Gasteiger partial charge in [0.25, 0.3) is 0 Å². The van der Waals surface area contributed by atoms with Gasteiger partial charge in [-0.1, -0.05) is 6.42 Å². The molecule has 0 atom stereocenters. The Morgan fingerprint density at radius 3 is 2.29 bits per heavy atom. The summed E-state index contributed by atoms with van der Waals surface area (Å²) >= 11 is 0. The predicted molar refractivity (Wildman–Crippen MR) is 73.7 cm³/mol. The Morgan fingerprint density at radius 2 is 1.71 bits per heavy atom. The maximum Gasteiger partial charge on any atom is 0.0367 e.